The lowest BCUT2D eigenvalue weighted by molar-refractivity contribution is 0.331. The summed E-state index contributed by atoms with van der Waals surface area (Å²) in [6, 6.07) is 13.9. The number of rotatable bonds is 6. The van der Waals surface area contributed by atoms with Crippen LogP contribution in [0.4, 0.5) is 0 Å². The minimum atomic E-state index is -0.0441. The molecule has 0 saturated heterocycles. The van der Waals surface area contributed by atoms with Crippen LogP contribution in [0.5, 0.6) is 5.75 Å². The van der Waals surface area contributed by atoms with E-state index in [0.717, 1.165) is 12.8 Å². The van der Waals surface area contributed by atoms with Crippen molar-refractivity contribution < 1.29 is 4.74 Å². The summed E-state index contributed by atoms with van der Waals surface area (Å²) in [7, 11) is 0. The molecule has 2 rings (SSSR count). The summed E-state index contributed by atoms with van der Waals surface area (Å²) in [4.78, 5) is 12.0. The van der Waals surface area contributed by atoms with Crippen LogP contribution < -0.4 is 10.3 Å². The second-order valence-corrected chi connectivity index (χ2v) is 4.39. The van der Waals surface area contributed by atoms with Gasteiger partial charge in [-0.3, -0.25) is 4.79 Å². The van der Waals surface area contributed by atoms with E-state index >= 15 is 0 Å². The van der Waals surface area contributed by atoms with Crippen LogP contribution in [0.2, 0.25) is 0 Å². The number of pyridine rings is 1. The van der Waals surface area contributed by atoms with E-state index in [4.69, 9.17) is 4.74 Å². The van der Waals surface area contributed by atoms with E-state index in [1.807, 2.05) is 37.4 Å². The van der Waals surface area contributed by atoms with E-state index in [1.54, 1.807) is 10.6 Å². The lowest BCUT2D eigenvalue weighted by Crippen LogP contribution is -2.21. The van der Waals surface area contributed by atoms with Gasteiger partial charge in [0.05, 0.1) is 6.61 Å². The van der Waals surface area contributed by atoms with Gasteiger partial charge in [0.2, 0.25) is 0 Å². The Labute approximate surface area is 113 Å². The minimum absolute atomic E-state index is 0.0441. The number of nitrogens with zero attached hydrogens (tertiary/aromatic N) is 1. The lowest BCUT2D eigenvalue weighted by Gasteiger charge is -2.08. The maximum Gasteiger partial charge on any atom is 0.292 e. The Balaban J connectivity index is 1.96. The van der Waals surface area contributed by atoms with Gasteiger partial charge in [-0.2, -0.15) is 0 Å². The third kappa shape index (κ3) is 3.71. The minimum Gasteiger partial charge on any atom is -0.488 e. The number of hydrogen-bond acceptors (Lipinski definition) is 2. The quantitative estimate of drug-likeness (QED) is 0.796. The van der Waals surface area contributed by atoms with Gasteiger partial charge in [-0.15, -0.1) is 0 Å². The van der Waals surface area contributed by atoms with Crippen LogP contribution in [0.15, 0.2) is 53.5 Å². The van der Waals surface area contributed by atoms with E-state index in [1.165, 1.54) is 5.56 Å². The molecule has 0 aliphatic rings. The molecule has 19 heavy (non-hydrogen) atoms. The van der Waals surface area contributed by atoms with Crippen LogP contribution in [0.1, 0.15) is 18.9 Å². The molecule has 0 bridgehead atoms. The standard InChI is InChI=1S/C16H19NO2/c1-2-19-15-11-7-13-17(16(15)18)12-6-10-14-8-4-3-5-9-14/h3-5,7-9,11,13H,2,6,10,12H2,1H3. The maximum absolute atomic E-state index is 12.0. The maximum atomic E-state index is 12.0. The topological polar surface area (TPSA) is 31.2 Å². The summed E-state index contributed by atoms with van der Waals surface area (Å²) in [5.41, 5.74) is 1.26. The molecule has 0 unspecified atom stereocenters. The van der Waals surface area contributed by atoms with Crippen LogP contribution in [0.25, 0.3) is 0 Å². The monoisotopic (exact) mass is 257 g/mol. The normalized spacial score (nSPS) is 10.4. The summed E-state index contributed by atoms with van der Waals surface area (Å²) in [6.45, 7) is 3.12. The molecule has 1 aromatic carbocycles. The summed E-state index contributed by atoms with van der Waals surface area (Å²) in [5, 5.41) is 0. The fourth-order valence-corrected chi connectivity index (χ4v) is 2.05. The predicted molar refractivity (Wildman–Crippen MR) is 76.6 cm³/mol. The van der Waals surface area contributed by atoms with Crippen LogP contribution in [0, 0.1) is 0 Å². The molecule has 2 aromatic rings. The molecule has 1 heterocycles. The predicted octanol–water partition coefficient (Wildman–Crippen LogP) is 2.88. The molecule has 3 heteroatoms. The molecule has 0 saturated carbocycles. The van der Waals surface area contributed by atoms with Gasteiger partial charge < -0.3 is 9.30 Å². The van der Waals surface area contributed by atoms with Gasteiger partial charge in [0.15, 0.2) is 5.75 Å². The highest BCUT2D eigenvalue weighted by atomic mass is 16.5. The highest BCUT2D eigenvalue weighted by molar-refractivity contribution is 5.17. The van der Waals surface area contributed by atoms with Gasteiger partial charge in [-0.05, 0) is 37.5 Å². The fourth-order valence-electron chi connectivity index (χ4n) is 2.05. The molecule has 0 spiro atoms. The second-order valence-electron chi connectivity index (χ2n) is 4.39. The third-order valence-corrected chi connectivity index (χ3v) is 2.99. The Morgan fingerprint density at radius 1 is 1.11 bits per heavy atom. The van der Waals surface area contributed by atoms with Crippen LogP contribution in [-0.4, -0.2) is 11.2 Å². The summed E-state index contributed by atoms with van der Waals surface area (Å²) in [5.74, 6) is 0.435. The van der Waals surface area contributed by atoms with E-state index in [0.29, 0.717) is 18.9 Å². The fraction of sp³-hybridized carbons (Fsp3) is 0.312. The molecule has 100 valence electrons. The molecule has 0 radical (unpaired) electrons. The van der Waals surface area contributed by atoms with Crippen molar-refractivity contribution in [2.45, 2.75) is 26.3 Å². The Morgan fingerprint density at radius 2 is 1.89 bits per heavy atom. The molecule has 0 amide bonds. The number of hydrogen-bond donors (Lipinski definition) is 0. The molecule has 0 fully saturated rings. The van der Waals surface area contributed by atoms with Crippen molar-refractivity contribution in [2.75, 3.05) is 6.61 Å². The average Bonchev–Trinajstić information content (AvgIpc) is 2.44. The van der Waals surface area contributed by atoms with Gasteiger partial charge >= 0.3 is 0 Å². The number of aryl methyl sites for hydroxylation is 2. The second kappa shape index (κ2) is 6.78. The van der Waals surface area contributed by atoms with Gasteiger partial charge in [0.1, 0.15) is 0 Å². The summed E-state index contributed by atoms with van der Waals surface area (Å²) in [6.07, 6.45) is 3.74. The molecule has 0 atom stereocenters. The first kappa shape index (κ1) is 13.4. The Hall–Kier alpha value is -2.03. The van der Waals surface area contributed by atoms with Crippen molar-refractivity contribution in [3.8, 4) is 5.75 Å². The van der Waals surface area contributed by atoms with Crippen LogP contribution >= 0.6 is 0 Å². The SMILES string of the molecule is CCOc1cccn(CCCc2ccccc2)c1=O. The van der Waals surface area contributed by atoms with Gasteiger partial charge in [-0.25, -0.2) is 0 Å². The van der Waals surface area contributed by atoms with Crippen molar-refractivity contribution >= 4 is 0 Å². The zero-order valence-electron chi connectivity index (χ0n) is 11.2. The van der Waals surface area contributed by atoms with Crippen LogP contribution in [-0.2, 0) is 13.0 Å². The van der Waals surface area contributed by atoms with E-state index in [9.17, 15) is 4.79 Å². The number of ether oxygens (including phenoxy) is 1. The highest BCUT2D eigenvalue weighted by Gasteiger charge is 2.03. The van der Waals surface area contributed by atoms with E-state index in [2.05, 4.69) is 12.1 Å². The van der Waals surface area contributed by atoms with Gasteiger partial charge in [-0.1, -0.05) is 30.3 Å². The van der Waals surface area contributed by atoms with Gasteiger partial charge in [0.25, 0.3) is 5.56 Å². The number of aromatic nitrogens is 1. The molecular weight excluding hydrogens is 238 g/mol. The molecule has 3 nitrogen and oxygen atoms in total. The first-order valence-electron chi connectivity index (χ1n) is 6.67. The summed E-state index contributed by atoms with van der Waals surface area (Å²) >= 11 is 0. The number of benzene rings is 1. The Kier molecular flexibility index (Phi) is 4.78. The highest BCUT2D eigenvalue weighted by Crippen LogP contribution is 2.05. The summed E-state index contributed by atoms with van der Waals surface area (Å²) < 4.78 is 7.02. The average molecular weight is 257 g/mol. The van der Waals surface area contributed by atoms with E-state index in [-0.39, 0.29) is 5.56 Å². The Bertz CT molecular complexity index is 560. The smallest absolute Gasteiger partial charge is 0.292 e. The van der Waals surface area contributed by atoms with Crippen molar-refractivity contribution in [3.05, 3.63) is 64.6 Å². The molecule has 1 aromatic heterocycles. The molecule has 0 aliphatic heterocycles. The van der Waals surface area contributed by atoms with Crippen molar-refractivity contribution in [3.63, 3.8) is 0 Å². The largest absolute Gasteiger partial charge is 0.488 e. The van der Waals surface area contributed by atoms with E-state index < -0.39 is 0 Å². The zero-order valence-corrected chi connectivity index (χ0v) is 11.2. The lowest BCUT2D eigenvalue weighted by atomic mass is 10.1. The van der Waals surface area contributed by atoms with Crippen molar-refractivity contribution in [1.82, 2.24) is 4.57 Å². The molecule has 0 aliphatic carbocycles. The zero-order chi connectivity index (χ0) is 13.5. The molecule has 0 N–H and O–H groups in total. The van der Waals surface area contributed by atoms with Crippen molar-refractivity contribution in [2.24, 2.45) is 0 Å². The van der Waals surface area contributed by atoms with Crippen molar-refractivity contribution in [1.29, 1.82) is 0 Å². The van der Waals surface area contributed by atoms with Gasteiger partial charge in [0, 0.05) is 12.7 Å². The first-order chi connectivity index (χ1) is 9.31. The third-order valence-electron chi connectivity index (χ3n) is 2.99. The first-order valence-corrected chi connectivity index (χ1v) is 6.67. The van der Waals surface area contributed by atoms with Crippen LogP contribution in [0.3, 0.4) is 0 Å². The Morgan fingerprint density at radius 3 is 2.63 bits per heavy atom. The molecular formula is C16H19NO2.